The molecule has 1 saturated carbocycles. The number of alkyl halides is 3. The van der Waals surface area contributed by atoms with Crippen molar-refractivity contribution in [1.82, 2.24) is 20.4 Å². The van der Waals surface area contributed by atoms with E-state index in [4.69, 9.17) is 19.4 Å². The lowest BCUT2D eigenvalue weighted by Gasteiger charge is -2.33. The maximum atomic E-state index is 14.0. The van der Waals surface area contributed by atoms with E-state index in [2.05, 4.69) is 20.8 Å². The van der Waals surface area contributed by atoms with Crippen LogP contribution < -0.4 is 10.6 Å². The van der Waals surface area contributed by atoms with Crippen LogP contribution in [-0.4, -0.2) is 92.8 Å². The molecular weight excluding hydrogens is 884 g/mol. The number of ether oxygens (including phenoxy) is 2. The van der Waals surface area contributed by atoms with Crippen molar-refractivity contribution in [2.45, 2.75) is 124 Å². The first-order valence-corrected chi connectivity index (χ1v) is 23.1. The molecule has 0 spiro atoms. The number of benzene rings is 3. The Kier molecular flexibility index (Phi) is 17.6. The van der Waals surface area contributed by atoms with Crippen molar-refractivity contribution >= 4 is 52.2 Å². The van der Waals surface area contributed by atoms with Gasteiger partial charge in [-0.1, -0.05) is 36.4 Å². The number of nitrogens with zero attached hydrogens (tertiary/aromatic N) is 2. The summed E-state index contributed by atoms with van der Waals surface area (Å²) in [4.78, 5) is 76.5. The Hall–Kier alpha value is -6.26. The summed E-state index contributed by atoms with van der Waals surface area (Å²) in [6.07, 6.45) is 1.50. The molecule has 0 bridgehead atoms. The van der Waals surface area contributed by atoms with Crippen molar-refractivity contribution in [1.29, 1.82) is 0 Å². The number of aromatic amines is 1. The smallest absolute Gasteiger partial charge is 0.475 e. The zero-order chi connectivity index (χ0) is 50.0. The normalized spacial score (nSPS) is 17.3. The Labute approximate surface area is 395 Å². The van der Waals surface area contributed by atoms with Gasteiger partial charge in [0.05, 0.1) is 11.7 Å². The van der Waals surface area contributed by atoms with Crippen molar-refractivity contribution < 1.29 is 56.5 Å². The Balaban J connectivity index is 0.00000114. The molecule has 1 aromatic heterocycles. The molecule has 1 aliphatic carbocycles. The average molecular weight is 948 g/mol. The second-order valence-electron chi connectivity index (χ2n) is 19.9. The lowest BCUT2D eigenvalue weighted by atomic mass is 9.77. The monoisotopic (exact) mass is 947 g/mol. The van der Waals surface area contributed by atoms with Gasteiger partial charge in [-0.2, -0.15) is 18.3 Å². The Bertz CT molecular complexity index is 2400. The van der Waals surface area contributed by atoms with E-state index in [0.29, 0.717) is 43.7 Å². The summed E-state index contributed by atoms with van der Waals surface area (Å²) in [5.41, 5.74) is 4.98. The molecule has 6 rings (SSSR count). The molecule has 368 valence electrons. The van der Waals surface area contributed by atoms with Crippen LogP contribution in [0.5, 0.6) is 0 Å². The highest BCUT2D eigenvalue weighted by atomic mass is 19.4. The summed E-state index contributed by atoms with van der Waals surface area (Å²) in [5.74, 6) is -3.00. The number of aromatic nitrogens is 2. The van der Waals surface area contributed by atoms with E-state index < -0.39 is 35.4 Å². The van der Waals surface area contributed by atoms with Gasteiger partial charge in [-0.3, -0.25) is 19.5 Å². The number of fused-ring (bicyclic) bond motifs is 1. The number of amides is 3. The van der Waals surface area contributed by atoms with Gasteiger partial charge in [-0.25, -0.2) is 14.4 Å². The van der Waals surface area contributed by atoms with Gasteiger partial charge >= 0.3 is 24.3 Å². The minimum absolute atomic E-state index is 0.0934. The average Bonchev–Trinajstić information content (AvgIpc) is 3.73. The maximum absolute atomic E-state index is 14.0. The van der Waals surface area contributed by atoms with Crippen LogP contribution in [0.2, 0.25) is 0 Å². The first-order valence-electron chi connectivity index (χ1n) is 23.1. The Morgan fingerprint density at radius 2 is 1.46 bits per heavy atom. The molecule has 4 aromatic rings. The van der Waals surface area contributed by atoms with E-state index >= 15 is 0 Å². The molecule has 1 saturated heterocycles. The highest BCUT2D eigenvalue weighted by molar-refractivity contribution is 5.98. The zero-order valence-electron chi connectivity index (χ0n) is 39.9. The summed E-state index contributed by atoms with van der Waals surface area (Å²) in [6, 6.07) is 19.5. The van der Waals surface area contributed by atoms with Crippen LogP contribution in [0.25, 0.3) is 22.0 Å². The van der Waals surface area contributed by atoms with E-state index in [-0.39, 0.29) is 47.7 Å². The number of piperidine rings is 1. The standard InChI is InChI=1S/C49H63N5O7.C2HF3O2/c1-31-24-37(43(55)26-33-20-22-54(23-21-33)47(59)61-49(5,6)7)17-19-41(31)35-12-8-32(9-13-35)25-39(45(57)52-40-18-16-38-30-51-53-42(38)28-40)27-44(56)36-14-10-34(11-15-36)29-50-46(58)60-48(2,3)4;3-2(4,5)1(6)7/h8-9,12-13,16-19,24,28,30,33-34,36,39H,10-11,14-15,20-23,25-27,29H2,1-7H3,(H,50,58)(H,51,53)(H,52,57);(H,6,7)/t34?,36?,39-;/m1./s1. The molecule has 2 heterocycles. The Morgan fingerprint density at radius 3 is 2.04 bits per heavy atom. The number of Topliss-reactive ketones (excluding diaryl/α,β-unsaturated/α-hetero) is 2. The number of ketones is 2. The van der Waals surface area contributed by atoms with E-state index in [1.54, 1.807) is 11.1 Å². The number of hydrogen-bond acceptors (Lipinski definition) is 9. The van der Waals surface area contributed by atoms with E-state index in [9.17, 15) is 37.1 Å². The molecule has 0 radical (unpaired) electrons. The molecule has 68 heavy (non-hydrogen) atoms. The fourth-order valence-corrected chi connectivity index (χ4v) is 8.45. The van der Waals surface area contributed by atoms with Gasteiger partial charge in [0.25, 0.3) is 0 Å². The first-order chi connectivity index (χ1) is 31.8. The number of carbonyl (C=O) groups excluding carboxylic acids is 5. The minimum atomic E-state index is -5.08. The van der Waals surface area contributed by atoms with Crippen LogP contribution >= 0.6 is 0 Å². The molecular formula is C51H64F3N5O9. The van der Waals surface area contributed by atoms with E-state index in [1.807, 2.05) is 109 Å². The second kappa shape index (κ2) is 22.7. The van der Waals surface area contributed by atoms with Gasteiger partial charge < -0.3 is 30.1 Å². The molecule has 2 aliphatic rings. The number of carboxylic acid groups (broad SMARTS) is 1. The highest BCUT2D eigenvalue weighted by Crippen LogP contribution is 2.33. The van der Waals surface area contributed by atoms with Crippen molar-refractivity contribution in [3.8, 4) is 11.1 Å². The summed E-state index contributed by atoms with van der Waals surface area (Å²) in [7, 11) is 0. The summed E-state index contributed by atoms with van der Waals surface area (Å²) in [6.45, 7) is 14.8. The predicted octanol–water partition coefficient (Wildman–Crippen LogP) is 10.5. The number of alkyl carbamates (subject to hydrolysis) is 1. The van der Waals surface area contributed by atoms with Gasteiger partial charge in [0.1, 0.15) is 17.0 Å². The Morgan fingerprint density at radius 1 is 0.824 bits per heavy atom. The van der Waals surface area contributed by atoms with Gasteiger partial charge in [-0.15, -0.1) is 0 Å². The van der Waals surface area contributed by atoms with E-state index in [0.717, 1.165) is 71.7 Å². The van der Waals surface area contributed by atoms with Crippen LogP contribution in [0.15, 0.2) is 66.9 Å². The minimum Gasteiger partial charge on any atom is -0.475 e. The van der Waals surface area contributed by atoms with E-state index in [1.165, 1.54) is 0 Å². The summed E-state index contributed by atoms with van der Waals surface area (Å²) < 4.78 is 42.6. The van der Waals surface area contributed by atoms with Crippen molar-refractivity contribution in [3.05, 3.63) is 83.6 Å². The summed E-state index contributed by atoms with van der Waals surface area (Å²) >= 11 is 0. The zero-order valence-corrected chi connectivity index (χ0v) is 39.9. The van der Waals surface area contributed by atoms with Crippen molar-refractivity contribution in [2.75, 3.05) is 25.0 Å². The molecule has 1 atom stereocenters. The van der Waals surface area contributed by atoms with Crippen LogP contribution in [0, 0.1) is 30.6 Å². The number of aryl methyl sites for hydroxylation is 1. The highest BCUT2D eigenvalue weighted by Gasteiger charge is 2.38. The number of halogens is 3. The second-order valence-corrected chi connectivity index (χ2v) is 19.9. The van der Waals surface area contributed by atoms with Crippen LogP contribution in [-0.2, 0) is 30.3 Å². The molecule has 1 aliphatic heterocycles. The van der Waals surface area contributed by atoms with Crippen LogP contribution in [0.4, 0.5) is 28.4 Å². The molecule has 17 heteroatoms. The number of H-pyrrole nitrogens is 1. The number of hydrogen-bond donors (Lipinski definition) is 4. The summed E-state index contributed by atoms with van der Waals surface area (Å²) in [5, 5.41) is 21.0. The first kappa shape index (κ1) is 52.7. The molecule has 3 amide bonds. The molecule has 0 unspecified atom stereocenters. The third-order valence-corrected chi connectivity index (χ3v) is 12.0. The number of anilines is 1. The fourth-order valence-electron chi connectivity index (χ4n) is 8.45. The van der Waals surface area contributed by atoms with Gasteiger partial charge in [0.2, 0.25) is 5.91 Å². The predicted molar refractivity (Wildman–Crippen MR) is 251 cm³/mol. The van der Waals surface area contributed by atoms with Gasteiger partial charge in [0.15, 0.2) is 5.78 Å². The van der Waals surface area contributed by atoms with Crippen molar-refractivity contribution in [2.24, 2.45) is 23.7 Å². The molecule has 14 nitrogen and oxygen atoms in total. The van der Waals surface area contributed by atoms with Crippen molar-refractivity contribution in [3.63, 3.8) is 0 Å². The lowest BCUT2D eigenvalue weighted by Crippen LogP contribution is -2.42. The van der Waals surface area contributed by atoms with Crippen LogP contribution in [0.3, 0.4) is 0 Å². The molecule has 2 fully saturated rings. The molecule has 4 N–H and O–H groups in total. The number of rotatable bonds is 13. The number of aliphatic carboxylic acids is 1. The maximum Gasteiger partial charge on any atom is 0.490 e. The lowest BCUT2D eigenvalue weighted by molar-refractivity contribution is -0.192. The third kappa shape index (κ3) is 16.2. The SMILES string of the molecule is Cc1cc(C(=O)CC2CCN(C(=O)OC(C)(C)C)CC2)ccc1-c1ccc(C[C@H](CC(=O)C2CCC(CNC(=O)OC(C)(C)C)CC2)C(=O)Nc2ccc3cn[nH]c3c2)cc1.O=C(O)C(F)(F)F. The van der Waals surface area contributed by atoms with Crippen LogP contribution in [0.1, 0.15) is 114 Å². The number of carbonyl (C=O) groups is 6. The quantitative estimate of drug-likeness (QED) is 0.0936. The largest absolute Gasteiger partial charge is 0.490 e. The third-order valence-electron chi connectivity index (χ3n) is 12.0. The number of likely N-dealkylation sites (tertiary alicyclic amines) is 1. The number of nitrogens with one attached hydrogen (secondary N) is 3. The fraction of sp³-hybridized carbons (Fsp3) is 0.510. The number of carboxylic acids is 1. The van der Waals surface area contributed by atoms with Gasteiger partial charge in [0, 0.05) is 60.9 Å². The van der Waals surface area contributed by atoms with Gasteiger partial charge in [-0.05, 0) is 152 Å². The molecule has 3 aromatic carbocycles. The topological polar surface area (TPSA) is 197 Å².